The number of alkyl halides is 3. The van der Waals surface area contributed by atoms with Crippen molar-refractivity contribution in [2.75, 3.05) is 5.73 Å². The van der Waals surface area contributed by atoms with Gasteiger partial charge in [0.1, 0.15) is 0 Å². The molecule has 0 spiro atoms. The maximum atomic E-state index is 12.0. The highest BCUT2D eigenvalue weighted by molar-refractivity contribution is 6.04. The van der Waals surface area contributed by atoms with Crippen LogP contribution in [0.5, 0.6) is 0 Å². The number of hydrogen-bond donors (Lipinski definition) is 1. The van der Waals surface area contributed by atoms with Crippen molar-refractivity contribution < 1.29 is 18.0 Å². The van der Waals surface area contributed by atoms with Gasteiger partial charge in [-0.3, -0.25) is 4.79 Å². The highest BCUT2D eigenvalue weighted by atomic mass is 19.4. The molecule has 0 aromatic heterocycles. The standard InChI is InChI=1S/C9H8F3NO/c1-5-2-3-7(13)6(4-5)8(14)9(10,11)12/h2-4H,13H2,1H3. The lowest BCUT2D eigenvalue weighted by molar-refractivity contribution is -0.0884. The molecule has 14 heavy (non-hydrogen) atoms. The maximum absolute atomic E-state index is 12.0. The second kappa shape index (κ2) is 3.32. The fourth-order valence-electron chi connectivity index (χ4n) is 1.02. The van der Waals surface area contributed by atoms with Gasteiger partial charge in [0.25, 0.3) is 5.78 Å². The van der Waals surface area contributed by atoms with E-state index in [2.05, 4.69) is 0 Å². The van der Waals surface area contributed by atoms with Crippen LogP contribution in [-0.4, -0.2) is 12.0 Å². The average Bonchev–Trinajstić information content (AvgIpc) is 2.06. The summed E-state index contributed by atoms with van der Waals surface area (Å²) < 4.78 is 36.1. The Morgan fingerprint density at radius 3 is 2.43 bits per heavy atom. The topological polar surface area (TPSA) is 43.1 Å². The van der Waals surface area contributed by atoms with Crippen LogP contribution in [-0.2, 0) is 0 Å². The molecule has 0 aliphatic rings. The third-order valence-electron chi connectivity index (χ3n) is 1.71. The molecule has 2 nitrogen and oxygen atoms in total. The van der Waals surface area contributed by atoms with Crippen LogP contribution in [0.1, 0.15) is 15.9 Å². The molecule has 0 atom stereocenters. The monoisotopic (exact) mass is 203 g/mol. The van der Waals surface area contributed by atoms with Crippen LogP contribution in [0, 0.1) is 6.92 Å². The van der Waals surface area contributed by atoms with Crippen LogP contribution >= 0.6 is 0 Å². The van der Waals surface area contributed by atoms with Crippen molar-refractivity contribution in [3.8, 4) is 0 Å². The summed E-state index contributed by atoms with van der Waals surface area (Å²) in [5.41, 5.74) is 5.18. The molecule has 1 aromatic carbocycles. The van der Waals surface area contributed by atoms with Crippen molar-refractivity contribution in [3.05, 3.63) is 29.3 Å². The fourth-order valence-corrected chi connectivity index (χ4v) is 1.02. The normalized spacial score (nSPS) is 11.4. The zero-order valence-corrected chi connectivity index (χ0v) is 7.35. The summed E-state index contributed by atoms with van der Waals surface area (Å²) in [7, 11) is 0. The molecule has 76 valence electrons. The number of Topliss-reactive ketones (excluding diaryl/α,β-unsaturated/α-hetero) is 1. The molecule has 0 aliphatic heterocycles. The first-order chi connectivity index (χ1) is 6.32. The van der Waals surface area contributed by atoms with E-state index >= 15 is 0 Å². The highest BCUT2D eigenvalue weighted by Gasteiger charge is 2.40. The van der Waals surface area contributed by atoms with Crippen LogP contribution < -0.4 is 5.73 Å². The van der Waals surface area contributed by atoms with Crippen LogP contribution in [0.15, 0.2) is 18.2 Å². The van der Waals surface area contributed by atoms with Gasteiger partial charge in [-0.2, -0.15) is 13.2 Å². The first-order valence-corrected chi connectivity index (χ1v) is 3.80. The minimum absolute atomic E-state index is 0.155. The van der Waals surface area contributed by atoms with Gasteiger partial charge in [0.2, 0.25) is 0 Å². The molecule has 0 saturated heterocycles. The number of aryl methyl sites for hydroxylation is 1. The van der Waals surface area contributed by atoms with E-state index in [4.69, 9.17) is 5.73 Å². The van der Waals surface area contributed by atoms with Crippen molar-refractivity contribution in [1.82, 2.24) is 0 Å². The summed E-state index contributed by atoms with van der Waals surface area (Å²) in [5.74, 6) is -1.90. The molecule has 0 heterocycles. The number of rotatable bonds is 1. The highest BCUT2D eigenvalue weighted by Crippen LogP contribution is 2.25. The number of halogens is 3. The summed E-state index contributed by atoms with van der Waals surface area (Å²) >= 11 is 0. The molecule has 2 N–H and O–H groups in total. The van der Waals surface area contributed by atoms with Crippen molar-refractivity contribution in [3.63, 3.8) is 0 Å². The van der Waals surface area contributed by atoms with E-state index in [0.29, 0.717) is 5.56 Å². The fraction of sp³-hybridized carbons (Fsp3) is 0.222. The molecule has 0 fully saturated rings. The molecular weight excluding hydrogens is 195 g/mol. The van der Waals surface area contributed by atoms with Crippen LogP contribution in [0.25, 0.3) is 0 Å². The van der Waals surface area contributed by atoms with Crippen molar-refractivity contribution >= 4 is 11.5 Å². The third kappa shape index (κ3) is 2.04. The Morgan fingerprint density at radius 1 is 1.36 bits per heavy atom. The Labute approximate surface area is 78.5 Å². The van der Waals surface area contributed by atoms with Gasteiger partial charge < -0.3 is 5.73 Å². The summed E-state index contributed by atoms with van der Waals surface area (Å²) in [4.78, 5) is 10.8. The Kier molecular flexibility index (Phi) is 2.51. The van der Waals surface area contributed by atoms with E-state index in [1.165, 1.54) is 6.07 Å². The largest absolute Gasteiger partial charge is 0.454 e. The van der Waals surface area contributed by atoms with Gasteiger partial charge in [0, 0.05) is 5.69 Å². The lowest BCUT2D eigenvalue weighted by Crippen LogP contribution is -2.23. The quantitative estimate of drug-likeness (QED) is 0.562. The van der Waals surface area contributed by atoms with Gasteiger partial charge in [-0.25, -0.2) is 0 Å². The maximum Gasteiger partial charge on any atom is 0.454 e. The summed E-state index contributed by atoms with van der Waals surface area (Å²) in [6.07, 6.45) is -4.87. The summed E-state index contributed by atoms with van der Waals surface area (Å²) in [6, 6.07) is 3.96. The average molecular weight is 203 g/mol. The number of anilines is 1. The van der Waals surface area contributed by atoms with E-state index < -0.39 is 17.5 Å². The van der Waals surface area contributed by atoms with E-state index in [1.807, 2.05) is 0 Å². The number of hydrogen-bond acceptors (Lipinski definition) is 2. The zero-order valence-electron chi connectivity index (χ0n) is 7.35. The van der Waals surface area contributed by atoms with Gasteiger partial charge in [-0.1, -0.05) is 11.6 Å². The summed E-state index contributed by atoms with van der Waals surface area (Å²) in [6.45, 7) is 1.59. The zero-order chi connectivity index (χ0) is 10.9. The molecule has 0 aliphatic carbocycles. The van der Waals surface area contributed by atoms with E-state index in [0.717, 1.165) is 6.07 Å². The number of nitrogen functional groups attached to an aromatic ring is 1. The number of ketones is 1. The second-order valence-corrected chi connectivity index (χ2v) is 2.92. The predicted octanol–water partition coefficient (Wildman–Crippen LogP) is 2.32. The molecular formula is C9H8F3NO. The lowest BCUT2D eigenvalue weighted by Gasteiger charge is -2.08. The molecule has 0 unspecified atom stereocenters. The molecule has 1 aromatic rings. The Morgan fingerprint density at radius 2 is 1.93 bits per heavy atom. The van der Waals surface area contributed by atoms with Crippen LogP contribution in [0.2, 0.25) is 0 Å². The minimum Gasteiger partial charge on any atom is -0.398 e. The van der Waals surface area contributed by atoms with Gasteiger partial charge in [0.15, 0.2) is 0 Å². The van der Waals surface area contributed by atoms with E-state index in [-0.39, 0.29) is 5.69 Å². The molecule has 0 radical (unpaired) electrons. The SMILES string of the molecule is Cc1ccc(N)c(C(=O)C(F)(F)F)c1. The summed E-state index contributed by atoms with van der Waals surface area (Å²) in [5, 5.41) is 0. The number of benzene rings is 1. The number of nitrogens with two attached hydrogens (primary N) is 1. The molecule has 0 saturated carbocycles. The Balaban J connectivity index is 3.19. The van der Waals surface area contributed by atoms with E-state index in [1.54, 1.807) is 13.0 Å². The molecule has 0 bridgehead atoms. The second-order valence-electron chi connectivity index (χ2n) is 2.92. The number of carbonyl (C=O) groups excluding carboxylic acids is 1. The van der Waals surface area contributed by atoms with Crippen LogP contribution in [0.4, 0.5) is 18.9 Å². The first kappa shape index (κ1) is 10.6. The molecule has 1 rings (SSSR count). The Hall–Kier alpha value is -1.52. The minimum atomic E-state index is -4.87. The smallest absolute Gasteiger partial charge is 0.398 e. The van der Waals surface area contributed by atoms with Gasteiger partial charge in [-0.15, -0.1) is 0 Å². The van der Waals surface area contributed by atoms with Gasteiger partial charge >= 0.3 is 6.18 Å². The van der Waals surface area contributed by atoms with Crippen molar-refractivity contribution in [2.24, 2.45) is 0 Å². The predicted molar refractivity (Wildman–Crippen MR) is 46.0 cm³/mol. The number of carbonyl (C=O) groups is 1. The Bertz CT molecular complexity index is 371. The molecule has 5 heteroatoms. The lowest BCUT2D eigenvalue weighted by atomic mass is 10.1. The van der Waals surface area contributed by atoms with Crippen molar-refractivity contribution in [2.45, 2.75) is 13.1 Å². The first-order valence-electron chi connectivity index (χ1n) is 3.80. The van der Waals surface area contributed by atoms with Crippen molar-refractivity contribution in [1.29, 1.82) is 0 Å². The van der Waals surface area contributed by atoms with E-state index in [9.17, 15) is 18.0 Å². The van der Waals surface area contributed by atoms with Crippen LogP contribution in [0.3, 0.4) is 0 Å². The van der Waals surface area contributed by atoms with Gasteiger partial charge in [0.05, 0.1) is 5.56 Å². The third-order valence-corrected chi connectivity index (χ3v) is 1.71. The van der Waals surface area contributed by atoms with Gasteiger partial charge in [-0.05, 0) is 19.1 Å². The molecule has 0 amide bonds.